The molecule has 6 nitrogen and oxygen atoms in total. The first kappa shape index (κ1) is 23.5. The Kier molecular flexibility index (Phi) is 6.94. The third kappa shape index (κ3) is 4.66. The number of nitrogens with one attached hydrogen (secondary N) is 1. The van der Waals surface area contributed by atoms with E-state index < -0.39 is 11.8 Å². The van der Waals surface area contributed by atoms with E-state index >= 15 is 0 Å². The molecule has 1 saturated heterocycles. The van der Waals surface area contributed by atoms with Crippen LogP contribution in [0.2, 0.25) is 10.0 Å². The minimum absolute atomic E-state index is 0.103. The second-order valence-corrected chi connectivity index (χ2v) is 8.30. The summed E-state index contributed by atoms with van der Waals surface area (Å²) in [5, 5.41) is 12.1. The van der Waals surface area contributed by atoms with E-state index in [0.717, 1.165) is 4.90 Å². The van der Waals surface area contributed by atoms with Crippen molar-refractivity contribution < 1.29 is 14.3 Å². The Bertz CT molecular complexity index is 1400. The number of nitriles is 1. The molecule has 3 aromatic carbocycles. The van der Waals surface area contributed by atoms with Crippen LogP contribution in [-0.2, 0) is 16.2 Å². The molecule has 168 valence electrons. The van der Waals surface area contributed by atoms with E-state index in [4.69, 9.17) is 40.2 Å². The van der Waals surface area contributed by atoms with Gasteiger partial charge in [0.25, 0.3) is 11.8 Å². The van der Waals surface area contributed by atoms with Gasteiger partial charge in [-0.2, -0.15) is 5.26 Å². The molecule has 2 amide bonds. The fourth-order valence-electron chi connectivity index (χ4n) is 3.34. The largest absolute Gasteiger partial charge is 0.488 e. The lowest BCUT2D eigenvalue weighted by Gasteiger charge is -2.29. The molecule has 0 atom stereocenters. The molecule has 0 saturated carbocycles. The van der Waals surface area contributed by atoms with Crippen LogP contribution in [0.5, 0.6) is 5.75 Å². The van der Waals surface area contributed by atoms with Gasteiger partial charge in [0.15, 0.2) is 5.11 Å². The van der Waals surface area contributed by atoms with Crippen molar-refractivity contribution >= 4 is 64.1 Å². The van der Waals surface area contributed by atoms with Crippen molar-refractivity contribution in [2.24, 2.45) is 0 Å². The van der Waals surface area contributed by atoms with Gasteiger partial charge in [0.2, 0.25) is 0 Å². The molecular weight excluding hydrogens is 493 g/mol. The molecule has 0 bridgehead atoms. The van der Waals surface area contributed by atoms with E-state index in [9.17, 15) is 14.9 Å². The van der Waals surface area contributed by atoms with Gasteiger partial charge >= 0.3 is 0 Å². The van der Waals surface area contributed by atoms with Crippen LogP contribution < -0.4 is 15.0 Å². The van der Waals surface area contributed by atoms with Crippen molar-refractivity contribution in [1.82, 2.24) is 5.32 Å². The number of halogens is 2. The molecule has 0 spiro atoms. The summed E-state index contributed by atoms with van der Waals surface area (Å²) >= 11 is 17.6. The Hall–Kier alpha value is -3.70. The highest BCUT2D eigenvalue weighted by Crippen LogP contribution is 2.34. The summed E-state index contributed by atoms with van der Waals surface area (Å²) in [6, 6.07) is 21.0. The van der Waals surface area contributed by atoms with E-state index in [1.807, 2.05) is 6.07 Å². The van der Waals surface area contributed by atoms with Crippen LogP contribution in [0.25, 0.3) is 6.08 Å². The van der Waals surface area contributed by atoms with Crippen LogP contribution in [0.3, 0.4) is 0 Å². The zero-order valence-electron chi connectivity index (χ0n) is 17.4. The molecule has 34 heavy (non-hydrogen) atoms. The Morgan fingerprint density at radius 3 is 2.56 bits per heavy atom. The lowest BCUT2D eigenvalue weighted by Crippen LogP contribution is -2.54. The van der Waals surface area contributed by atoms with Crippen molar-refractivity contribution in [3.05, 3.63) is 99.0 Å². The first-order chi connectivity index (χ1) is 16.4. The van der Waals surface area contributed by atoms with E-state index in [-0.39, 0.29) is 33.0 Å². The third-order valence-corrected chi connectivity index (χ3v) is 6.11. The van der Waals surface area contributed by atoms with Crippen molar-refractivity contribution in [3.8, 4) is 11.8 Å². The average molecular weight is 508 g/mol. The van der Waals surface area contributed by atoms with Gasteiger partial charge in [0, 0.05) is 11.1 Å². The molecule has 3 aromatic rings. The Labute approximate surface area is 211 Å². The molecule has 1 N–H and O–H groups in total. The number of nitrogens with zero attached hydrogens (tertiary/aromatic N) is 2. The van der Waals surface area contributed by atoms with E-state index in [2.05, 4.69) is 11.4 Å². The topological polar surface area (TPSA) is 82.4 Å². The van der Waals surface area contributed by atoms with Gasteiger partial charge in [-0.25, -0.2) is 0 Å². The van der Waals surface area contributed by atoms with Crippen molar-refractivity contribution in [3.63, 3.8) is 0 Å². The summed E-state index contributed by atoms with van der Waals surface area (Å²) in [5.41, 5.74) is 1.82. The van der Waals surface area contributed by atoms with Crippen LogP contribution in [0.1, 0.15) is 16.7 Å². The number of amides is 2. The molecular formula is C25H15Cl2N3O3S. The van der Waals surface area contributed by atoms with Gasteiger partial charge < -0.3 is 4.74 Å². The molecule has 1 aliphatic heterocycles. The molecule has 1 fully saturated rings. The number of hydrogen-bond acceptors (Lipinski definition) is 5. The van der Waals surface area contributed by atoms with Crippen LogP contribution in [-0.4, -0.2) is 16.9 Å². The summed E-state index contributed by atoms with van der Waals surface area (Å²) in [4.78, 5) is 27.1. The highest BCUT2D eigenvalue weighted by molar-refractivity contribution is 7.80. The quantitative estimate of drug-likeness (QED) is 0.288. The fraction of sp³-hybridized carbons (Fsp3) is 0.0400. The molecule has 9 heteroatoms. The first-order valence-electron chi connectivity index (χ1n) is 9.96. The maximum Gasteiger partial charge on any atom is 0.270 e. The fourth-order valence-corrected chi connectivity index (χ4v) is 3.99. The minimum Gasteiger partial charge on any atom is -0.488 e. The average Bonchev–Trinajstić information content (AvgIpc) is 2.83. The summed E-state index contributed by atoms with van der Waals surface area (Å²) < 4.78 is 5.93. The van der Waals surface area contributed by atoms with Gasteiger partial charge in [-0.3, -0.25) is 19.8 Å². The number of ether oxygens (including phenoxy) is 1. The van der Waals surface area contributed by atoms with E-state index in [1.165, 1.54) is 6.08 Å². The monoisotopic (exact) mass is 507 g/mol. The number of thiocarbonyl (C=S) groups is 1. The van der Waals surface area contributed by atoms with Gasteiger partial charge in [-0.1, -0.05) is 65.7 Å². The SMILES string of the molecule is N#Cc1ccccc1COc1ccccc1/C=C1\C(=O)NC(=S)N(c2cccc(Cl)c2Cl)C1=O. The van der Waals surface area contributed by atoms with E-state index in [1.54, 1.807) is 60.7 Å². The minimum atomic E-state index is -0.650. The maximum absolute atomic E-state index is 13.3. The smallest absolute Gasteiger partial charge is 0.270 e. The number of para-hydroxylation sites is 1. The number of anilines is 1. The normalized spacial score (nSPS) is 14.7. The van der Waals surface area contributed by atoms with Gasteiger partial charge in [-0.15, -0.1) is 0 Å². The Morgan fingerprint density at radius 1 is 1.03 bits per heavy atom. The molecule has 0 aromatic heterocycles. The number of carbonyl (C=O) groups excluding carboxylic acids is 2. The van der Waals surface area contributed by atoms with Crippen LogP contribution >= 0.6 is 35.4 Å². The van der Waals surface area contributed by atoms with Crippen molar-refractivity contribution in [2.45, 2.75) is 6.61 Å². The molecule has 0 radical (unpaired) electrons. The second-order valence-electron chi connectivity index (χ2n) is 7.13. The molecule has 1 heterocycles. The zero-order chi connectivity index (χ0) is 24.2. The predicted molar refractivity (Wildman–Crippen MR) is 135 cm³/mol. The van der Waals surface area contributed by atoms with Gasteiger partial charge in [0.1, 0.15) is 17.9 Å². The number of hydrogen-bond donors (Lipinski definition) is 1. The third-order valence-electron chi connectivity index (χ3n) is 5.01. The Balaban J connectivity index is 1.68. The molecule has 4 rings (SSSR count). The van der Waals surface area contributed by atoms with Crippen molar-refractivity contribution in [2.75, 3.05) is 4.90 Å². The van der Waals surface area contributed by atoms with Gasteiger partial charge in [-0.05, 0) is 42.6 Å². The lowest BCUT2D eigenvalue weighted by atomic mass is 10.1. The summed E-state index contributed by atoms with van der Waals surface area (Å²) in [5.74, 6) is -0.861. The second kappa shape index (κ2) is 10.1. The van der Waals surface area contributed by atoms with Crippen LogP contribution in [0, 0.1) is 11.3 Å². The van der Waals surface area contributed by atoms with Crippen LogP contribution in [0.4, 0.5) is 5.69 Å². The maximum atomic E-state index is 13.3. The molecule has 0 unspecified atom stereocenters. The summed E-state index contributed by atoms with van der Waals surface area (Å²) in [6.07, 6.45) is 1.43. The first-order valence-corrected chi connectivity index (χ1v) is 11.1. The molecule has 1 aliphatic rings. The summed E-state index contributed by atoms with van der Waals surface area (Å²) in [7, 11) is 0. The molecule has 0 aliphatic carbocycles. The number of rotatable bonds is 5. The van der Waals surface area contributed by atoms with Crippen molar-refractivity contribution in [1.29, 1.82) is 5.26 Å². The Morgan fingerprint density at radius 2 is 1.76 bits per heavy atom. The van der Waals surface area contributed by atoms with E-state index in [0.29, 0.717) is 22.4 Å². The lowest BCUT2D eigenvalue weighted by molar-refractivity contribution is -0.122. The van der Waals surface area contributed by atoms with Gasteiger partial charge in [0.05, 0.1) is 27.4 Å². The number of benzene rings is 3. The van der Waals surface area contributed by atoms with Crippen LogP contribution in [0.15, 0.2) is 72.3 Å². The standard InChI is InChI=1S/C25H15Cl2N3O3S/c26-19-9-5-10-20(22(19)27)30-24(32)18(23(31)29-25(30)34)12-15-6-3-4-11-21(15)33-14-17-8-2-1-7-16(17)13-28/h1-12H,14H2,(H,29,31,34)/b18-12+. The zero-order valence-corrected chi connectivity index (χ0v) is 19.7. The highest BCUT2D eigenvalue weighted by Gasteiger charge is 2.35. The highest BCUT2D eigenvalue weighted by atomic mass is 35.5. The summed E-state index contributed by atoms with van der Waals surface area (Å²) in [6.45, 7) is 0.137. The predicted octanol–water partition coefficient (Wildman–Crippen LogP) is 5.28. The number of carbonyl (C=O) groups is 2.